The Morgan fingerprint density at radius 2 is 1.97 bits per heavy atom. The highest BCUT2D eigenvalue weighted by atomic mass is 35.5. The first-order valence-corrected chi connectivity index (χ1v) is 11.1. The van der Waals surface area contributed by atoms with E-state index in [-0.39, 0.29) is 17.8 Å². The van der Waals surface area contributed by atoms with Gasteiger partial charge in [0.25, 0.3) is 0 Å². The lowest BCUT2D eigenvalue weighted by Gasteiger charge is -2.37. The molecule has 160 valence electrons. The Morgan fingerprint density at radius 3 is 2.63 bits per heavy atom. The van der Waals surface area contributed by atoms with Gasteiger partial charge in [0, 0.05) is 32.5 Å². The highest BCUT2D eigenvalue weighted by Gasteiger charge is 2.29. The van der Waals surface area contributed by atoms with Crippen LogP contribution in [0.15, 0.2) is 30.5 Å². The maximum atomic E-state index is 11.3. The molecule has 0 unspecified atom stereocenters. The molecule has 6 nitrogen and oxygen atoms in total. The number of Topliss-reactive ketones (excluding diaryl/α,β-unsaturated/α-hetero) is 1. The van der Waals surface area contributed by atoms with Crippen LogP contribution >= 0.6 is 11.6 Å². The summed E-state index contributed by atoms with van der Waals surface area (Å²) in [6, 6.07) is 8.10. The van der Waals surface area contributed by atoms with Crippen molar-refractivity contribution in [2.75, 3.05) is 36.0 Å². The largest absolute Gasteiger partial charge is 0.489 e. The number of anilines is 2. The Kier molecular flexibility index (Phi) is 6.14. The molecule has 0 bridgehead atoms. The number of ether oxygens (including phenoxy) is 1. The van der Waals surface area contributed by atoms with Gasteiger partial charge in [-0.25, -0.2) is 4.98 Å². The second-order valence-corrected chi connectivity index (χ2v) is 9.11. The number of benzene rings is 1. The third-order valence-corrected chi connectivity index (χ3v) is 6.12. The molecule has 0 saturated carbocycles. The maximum Gasteiger partial charge on any atom is 0.227 e. The van der Waals surface area contributed by atoms with Gasteiger partial charge in [0.15, 0.2) is 5.82 Å². The van der Waals surface area contributed by atoms with Gasteiger partial charge < -0.3 is 19.3 Å². The van der Waals surface area contributed by atoms with E-state index in [4.69, 9.17) is 21.3 Å². The van der Waals surface area contributed by atoms with E-state index in [0.717, 1.165) is 55.7 Å². The predicted molar refractivity (Wildman–Crippen MR) is 120 cm³/mol. The number of ketones is 1. The van der Waals surface area contributed by atoms with Gasteiger partial charge in [0.2, 0.25) is 5.95 Å². The minimum atomic E-state index is 0.0870. The van der Waals surface area contributed by atoms with E-state index in [2.05, 4.69) is 40.8 Å². The first kappa shape index (κ1) is 20.9. The third-order valence-electron chi connectivity index (χ3n) is 5.85. The average molecular weight is 429 g/mol. The monoisotopic (exact) mass is 428 g/mol. The fraction of sp³-hybridized carbons (Fsp3) is 0.522. The number of nitrogens with zero attached hydrogens (tertiary/aromatic N) is 4. The van der Waals surface area contributed by atoms with Crippen molar-refractivity contribution in [1.82, 2.24) is 9.97 Å². The van der Waals surface area contributed by atoms with Crippen molar-refractivity contribution >= 4 is 29.2 Å². The average Bonchev–Trinajstić information content (AvgIpc) is 3.14. The van der Waals surface area contributed by atoms with Crippen LogP contribution in [0.1, 0.15) is 45.1 Å². The first-order chi connectivity index (χ1) is 14.4. The molecule has 1 aromatic carbocycles. The summed E-state index contributed by atoms with van der Waals surface area (Å²) in [7, 11) is 0. The van der Waals surface area contributed by atoms with E-state index in [1.807, 2.05) is 12.1 Å². The normalized spacial score (nSPS) is 20.2. The summed E-state index contributed by atoms with van der Waals surface area (Å²) in [6.45, 7) is 9.53. The van der Waals surface area contributed by atoms with E-state index in [0.29, 0.717) is 17.4 Å². The topological polar surface area (TPSA) is 58.6 Å². The van der Waals surface area contributed by atoms with Crippen molar-refractivity contribution < 1.29 is 9.53 Å². The molecule has 2 saturated heterocycles. The fourth-order valence-corrected chi connectivity index (χ4v) is 4.43. The van der Waals surface area contributed by atoms with Crippen molar-refractivity contribution in [1.29, 1.82) is 0 Å². The molecule has 2 aliphatic rings. The standard InChI is InChI=1S/C23H29ClN4O2/c1-15-12-28(13-15)23-25-11-21(24)22(26-23)27-9-8-20(14-27)30-19-6-4-18(5-7-19)16(2)10-17(3)29/h4-7,11,15-16,20H,8-10,12-14H2,1-3H3/t16-,20-/m1/s1. The van der Waals surface area contributed by atoms with Gasteiger partial charge in [-0.05, 0) is 36.5 Å². The molecule has 3 heterocycles. The van der Waals surface area contributed by atoms with Crippen molar-refractivity contribution in [2.24, 2.45) is 5.92 Å². The number of carbonyl (C=O) groups excluding carboxylic acids is 1. The van der Waals surface area contributed by atoms with E-state index in [1.165, 1.54) is 0 Å². The predicted octanol–water partition coefficient (Wildman–Crippen LogP) is 4.33. The van der Waals surface area contributed by atoms with Crippen LogP contribution in [0, 0.1) is 5.92 Å². The van der Waals surface area contributed by atoms with Gasteiger partial charge in [-0.3, -0.25) is 0 Å². The molecule has 0 aliphatic carbocycles. The van der Waals surface area contributed by atoms with Crippen LogP contribution in [-0.2, 0) is 4.79 Å². The van der Waals surface area contributed by atoms with Gasteiger partial charge >= 0.3 is 0 Å². The molecule has 2 fully saturated rings. The summed E-state index contributed by atoms with van der Waals surface area (Å²) in [5.74, 6) is 3.53. The number of rotatable bonds is 7. The number of hydrogen-bond donors (Lipinski definition) is 0. The molecule has 0 N–H and O–H groups in total. The summed E-state index contributed by atoms with van der Waals surface area (Å²) in [5.41, 5.74) is 1.16. The zero-order valence-electron chi connectivity index (χ0n) is 17.8. The molecule has 2 aromatic rings. The molecule has 30 heavy (non-hydrogen) atoms. The molecule has 2 atom stereocenters. The maximum absolute atomic E-state index is 11.3. The van der Waals surface area contributed by atoms with Gasteiger partial charge in [-0.2, -0.15) is 4.98 Å². The SMILES string of the molecule is CC(=O)C[C@@H](C)c1ccc(O[C@@H]2CCN(c3nc(N4CC(C)C4)ncc3Cl)C2)cc1. The first-order valence-electron chi connectivity index (χ1n) is 10.7. The molecule has 4 rings (SSSR count). The minimum Gasteiger partial charge on any atom is -0.489 e. The van der Waals surface area contributed by atoms with Crippen LogP contribution in [0.3, 0.4) is 0 Å². The van der Waals surface area contributed by atoms with E-state index < -0.39 is 0 Å². The number of aromatic nitrogens is 2. The van der Waals surface area contributed by atoms with Gasteiger partial charge in [-0.15, -0.1) is 0 Å². The van der Waals surface area contributed by atoms with Crippen LogP contribution < -0.4 is 14.5 Å². The van der Waals surface area contributed by atoms with Crippen molar-refractivity contribution in [3.63, 3.8) is 0 Å². The van der Waals surface area contributed by atoms with Crippen LogP contribution in [0.2, 0.25) is 5.02 Å². The third kappa shape index (κ3) is 4.69. The van der Waals surface area contributed by atoms with Crippen LogP contribution in [-0.4, -0.2) is 48.0 Å². The molecule has 7 heteroatoms. The van der Waals surface area contributed by atoms with Crippen molar-refractivity contribution in [2.45, 2.75) is 45.6 Å². The molecule has 0 amide bonds. The highest BCUT2D eigenvalue weighted by Crippen LogP contribution is 2.31. The zero-order chi connectivity index (χ0) is 21.3. The van der Waals surface area contributed by atoms with E-state index in [1.54, 1.807) is 13.1 Å². The fourth-order valence-electron chi connectivity index (χ4n) is 4.22. The van der Waals surface area contributed by atoms with Crippen LogP contribution in [0.5, 0.6) is 5.75 Å². The number of halogens is 1. The lowest BCUT2D eigenvalue weighted by molar-refractivity contribution is -0.117. The smallest absolute Gasteiger partial charge is 0.227 e. The second-order valence-electron chi connectivity index (χ2n) is 8.70. The van der Waals surface area contributed by atoms with Crippen LogP contribution in [0.25, 0.3) is 0 Å². The molecule has 0 radical (unpaired) electrons. The highest BCUT2D eigenvalue weighted by molar-refractivity contribution is 6.32. The Morgan fingerprint density at radius 1 is 1.23 bits per heavy atom. The van der Waals surface area contributed by atoms with Gasteiger partial charge in [0.1, 0.15) is 22.7 Å². The summed E-state index contributed by atoms with van der Waals surface area (Å²) in [5, 5.41) is 0.580. The lowest BCUT2D eigenvalue weighted by atomic mass is 9.96. The second kappa shape index (κ2) is 8.80. The molecule has 1 aromatic heterocycles. The summed E-state index contributed by atoms with van der Waals surface area (Å²) >= 11 is 6.41. The Bertz CT molecular complexity index is 899. The summed E-state index contributed by atoms with van der Waals surface area (Å²) in [4.78, 5) is 24.8. The van der Waals surface area contributed by atoms with E-state index in [9.17, 15) is 4.79 Å². The summed E-state index contributed by atoms with van der Waals surface area (Å²) < 4.78 is 6.20. The zero-order valence-corrected chi connectivity index (χ0v) is 18.6. The minimum absolute atomic E-state index is 0.0870. The Balaban J connectivity index is 1.37. The summed E-state index contributed by atoms with van der Waals surface area (Å²) in [6.07, 6.45) is 3.27. The lowest BCUT2D eigenvalue weighted by Crippen LogP contribution is -2.46. The van der Waals surface area contributed by atoms with Crippen molar-refractivity contribution in [3.8, 4) is 5.75 Å². The number of hydrogen-bond acceptors (Lipinski definition) is 6. The molecule has 0 spiro atoms. The molecular formula is C23H29ClN4O2. The van der Waals surface area contributed by atoms with Crippen molar-refractivity contribution in [3.05, 3.63) is 41.0 Å². The van der Waals surface area contributed by atoms with Gasteiger partial charge in [0.05, 0.1) is 12.7 Å². The van der Waals surface area contributed by atoms with Crippen LogP contribution in [0.4, 0.5) is 11.8 Å². The quantitative estimate of drug-likeness (QED) is 0.654. The number of carbonyl (C=O) groups is 1. The van der Waals surface area contributed by atoms with E-state index >= 15 is 0 Å². The Labute approximate surface area is 183 Å². The Hall–Kier alpha value is -2.34. The molecular weight excluding hydrogens is 400 g/mol. The molecule has 2 aliphatic heterocycles. The van der Waals surface area contributed by atoms with Gasteiger partial charge in [-0.1, -0.05) is 37.6 Å².